The number of benzene rings is 1. The van der Waals surface area contributed by atoms with Gasteiger partial charge in [-0.05, 0) is 17.7 Å². The van der Waals surface area contributed by atoms with Gasteiger partial charge in [0.2, 0.25) is 0 Å². The van der Waals surface area contributed by atoms with E-state index in [2.05, 4.69) is 5.32 Å². The molecule has 6 nitrogen and oxygen atoms in total. The molecule has 0 amide bonds. The topological polar surface area (TPSA) is 95.6 Å². The minimum Gasteiger partial charge on any atom is -0.393 e. The Bertz CT molecular complexity index is 367. The lowest BCUT2D eigenvalue weighted by atomic mass is 10.1. The van der Waals surface area contributed by atoms with E-state index in [9.17, 15) is 15.2 Å². The molecule has 1 aromatic rings. The monoisotopic (exact) mass is 212 g/mol. The molecular formula is C9H12N2O4. The van der Waals surface area contributed by atoms with Gasteiger partial charge in [-0.25, -0.2) is 0 Å². The van der Waals surface area contributed by atoms with Crippen molar-refractivity contribution in [2.24, 2.45) is 0 Å². The standard InChI is InChI=1S/C9H12N2O4/c1-10-7-4-6(9(13)5-12)2-3-8(7)11(14)15/h2-4,9-10,12-13H,5H2,1H3. The Hall–Kier alpha value is -1.66. The van der Waals surface area contributed by atoms with Crippen LogP contribution in [0, 0.1) is 10.1 Å². The molecule has 1 aromatic carbocycles. The van der Waals surface area contributed by atoms with E-state index in [4.69, 9.17) is 5.11 Å². The Kier molecular flexibility index (Phi) is 3.59. The summed E-state index contributed by atoms with van der Waals surface area (Å²) in [6.07, 6.45) is -1.02. The fourth-order valence-corrected chi connectivity index (χ4v) is 1.23. The van der Waals surface area contributed by atoms with E-state index in [0.29, 0.717) is 11.3 Å². The second-order valence-corrected chi connectivity index (χ2v) is 2.98. The molecule has 1 unspecified atom stereocenters. The molecule has 0 aliphatic carbocycles. The summed E-state index contributed by atoms with van der Waals surface area (Å²) in [6, 6.07) is 4.15. The highest BCUT2D eigenvalue weighted by molar-refractivity contribution is 5.62. The Morgan fingerprint density at radius 3 is 2.73 bits per heavy atom. The second kappa shape index (κ2) is 4.72. The van der Waals surface area contributed by atoms with E-state index in [-0.39, 0.29) is 5.69 Å². The van der Waals surface area contributed by atoms with Crippen molar-refractivity contribution < 1.29 is 15.1 Å². The molecule has 1 rings (SSSR count). The zero-order chi connectivity index (χ0) is 11.4. The Balaban J connectivity index is 3.13. The summed E-state index contributed by atoms with van der Waals surface area (Å²) in [5.41, 5.74) is 0.684. The van der Waals surface area contributed by atoms with Crippen LogP contribution in [0.4, 0.5) is 11.4 Å². The molecule has 0 bridgehead atoms. The first-order valence-corrected chi connectivity index (χ1v) is 4.35. The van der Waals surface area contributed by atoms with Crippen molar-refractivity contribution in [1.82, 2.24) is 0 Å². The number of rotatable bonds is 4. The third kappa shape index (κ3) is 2.42. The van der Waals surface area contributed by atoms with Gasteiger partial charge in [-0.3, -0.25) is 10.1 Å². The molecule has 0 radical (unpaired) electrons. The predicted molar refractivity (Wildman–Crippen MR) is 54.7 cm³/mol. The summed E-state index contributed by atoms with van der Waals surface area (Å²) >= 11 is 0. The molecule has 3 N–H and O–H groups in total. The summed E-state index contributed by atoms with van der Waals surface area (Å²) < 4.78 is 0. The zero-order valence-electron chi connectivity index (χ0n) is 8.17. The molecule has 82 valence electrons. The molecule has 0 fully saturated rings. The van der Waals surface area contributed by atoms with E-state index in [1.165, 1.54) is 18.2 Å². The number of nitrogens with one attached hydrogen (secondary N) is 1. The van der Waals surface area contributed by atoms with E-state index in [0.717, 1.165) is 0 Å². The molecule has 0 aliphatic heterocycles. The zero-order valence-corrected chi connectivity index (χ0v) is 8.17. The Morgan fingerprint density at radius 2 is 2.27 bits per heavy atom. The third-order valence-electron chi connectivity index (χ3n) is 2.04. The van der Waals surface area contributed by atoms with Crippen LogP contribution in [-0.4, -0.2) is 28.8 Å². The predicted octanol–water partition coefficient (Wildman–Crippen LogP) is 0.662. The largest absolute Gasteiger partial charge is 0.393 e. The smallest absolute Gasteiger partial charge is 0.292 e. The second-order valence-electron chi connectivity index (χ2n) is 2.98. The number of hydrogen-bond donors (Lipinski definition) is 3. The van der Waals surface area contributed by atoms with Crippen molar-refractivity contribution in [3.05, 3.63) is 33.9 Å². The Morgan fingerprint density at radius 1 is 1.60 bits per heavy atom. The van der Waals surface area contributed by atoms with Crippen LogP contribution in [0.3, 0.4) is 0 Å². The van der Waals surface area contributed by atoms with E-state index < -0.39 is 17.6 Å². The van der Waals surface area contributed by atoms with Crippen LogP contribution in [0.25, 0.3) is 0 Å². The molecule has 6 heteroatoms. The van der Waals surface area contributed by atoms with Crippen LogP contribution < -0.4 is 5.32 Å². The van der Waals surface area contributed by atoms with Gasteiger partial charge in [0.1, 0.15) is 11.8 Å². The third-order valence-corrected chi connectivity index (χ3v) is 2.04. The number of nitrogens with zero attached hydrogens (tertiary/aromatic N) is 1. The van der Waals surface area contributed by atoms with Crippen molar-refractivity contribution >= 4 is 11.4 Å². The van der Waals surface area contributed by atoms with Crippen LogP contribution >= 0.6 is 0 Å². The quantitative estimate of drug-likeness (QED) is 0.503. The highest BCUT2D eigenvalue weighted by Crippen LogP contribution is 2.27. The number of nitro groups is 1. The molecule has 15 heavy (non-hydrogen) atoms. The molecule has 0 aliphatic rings. The summed E-state index contributed by atoms with van der Waals surface area (Å²) in [7, 11) is 1.55. The highest BCUT2D eigenvalue weighted by atomic mass is 16.6. The van der Waals surface area contributed by atoms with Crippen molar-refractivity contribution in [2.75, 3.05) is 19.0 Å². The molecule has 0 saturated heterocycles. The van der Waals surface area contributed by atoms with Crippen LogP contribution in [0.2, 0.25) is 0 Å². The number of aliphatic hydroxyl groups is 2. The normalized spacial score (nSPS) is 12.2. The lowest BCUT2D eigenvalue weighted by Crippen LogP contribution is -2.04. The van der Waals surface area contributed by atoms with Gasteiger partial charge in [-0.2, -0.15) is 0 Å². The van der Waals surface area contributed by atoms with Gasteiger partial charge < -0.3 is 15.5 Å². The van der Waals surface area contributed by atoms with Crippen LogP contribution in [0.15, 0.2) is 18.2 Å². The van der Waals surface area contributed by atoms with Gasteiger partial charge in [0.25, 0.3) is 5.69 Å². The van der Waals surface area contributed by atoms with Crippen molar-refractivity contribution in [3.63, 3.8) is 0 Å². The molecular weight excluding hydrogens is 200 g/mol. The van der Waals surface area contributed by atoms with E-state index >= 15 is 0 Å². The van der Waals surface area contributed by atoms with Gasteiger partial charge in [0, 0.05) is 13.1 Å². The minimum atomic E-state index is -1.02. The summed E-state index contributed by atoms with van der Waals surface area (Å²) in [5.74, 6) is 0. The van der Waals surface area contributed by atoms with Crippen molar-refractivity contribution in [1.29, 1.82) is 0 Å². The SMILES string of the molecule is CNc1cc(C(O)CO)ccc1[N+](=O)[O-]. The lowest BCUT2D eigenvalue weighted by molar-refractivity contribution is -0.384. The number of anilines is 1. The number of aliphatic hydroxyl groups excluding tert-OH is 2. The maximum atomic E-state index is 10.6. The maximum Gasteiger partial charge on any atom is 0.292 e. The Labute approximate surface area is 86.3 Å². The van der Waals surface area contributed by atoms with Gasteiger partial charge >= 0.3 is 0 Å². The maximum absolute atomic E-state index is 10.6. The van der Waals surface area contributed by atoms with E-state index in [1.54, 1.807) is 7.05 Å². The van der Waals surface area contributed by atoms with Crippen LogP contribution in [-0.2, 0) is 0 Å². The highest BCUT2D eigenvalue weighted by Gasteiger charge is 2.15. The summed E-state index contributed by atoms with van der Waals surface area (Å²) in [6.45, 7) is -0.416. The van der Waals surface area contributed by atoms with Gasteiger partial charge in [-0.1, -0.05) is 0 Å². The first-order valence-electron chi connectivity index (χ1n) is 4.35. The van der Waals surface area contributed by atoms with Gasteiger partial charge in [0.15, 0.2) is 0 Å². The first kappa shape index (κ1) is 11.4. The average molecular weight is 212 g/mol. The van der Waals surface area contributed by atoms with Gasteiger partial charge in [0.05, 0.1) is 11.5 Å². The summed E-state index contributed by atoms with van der Waals surface area (Å²) in [5, 5.41) is 31.3. The molecule has 1 atom stereocenters. The van der Waals surface area contributed by atoms with Crippen LogP contribution in [0.5, 0.6) is 0 Å². The van der Waals surface area contributed by atoms with Crippen molar-refractivity contribution in [3.8, 4) is 0 Å². The fraction of sp³-hybridized carbons (Fsp3) is 0.333. The summed E-state index contributed by atoms with van der Waals surface area (Å²) in [4.78, 5) is 10.1. The number of nitro benzene ring substituents is 1. The first-order chi connectivity index (χ1) is 7.10. The lowest BCUT2D eigenvalue weighted by Gasteiger charge is -2.09. The molecule has 0 saturated carbocycles. The fourth-order valence-electron chi connectivity index (χ4n) is 1.23. The molecule has 0 spiro atoms. The van der Waals surface area contributed by atoms with Gasteiger partial charge in [-0.15, -0.1) is 0 Å². The van der Waals surface area contributed by atoms with Crippen molar-refractivity contribution in [2.45, 2.75) is 6.10 Å². The average Bonchev–Trinajstić information content (AvgIpc) is 2.26. The molecule has 0 heterocycles. The minimum absolute atomic E-state index is 0.0635. The van der Waals surface area contributed by atoms with Crippen LogP contribution in [0.1, 0.15) is 11.7 Å². The number of hydrogen-bond acceptors (Lipinski definition) is 5. The van der Waals surface area contributed by atoms with E-state index in [1.807, 2.05) is 0 Å². The molecule has 0 aromatic heterocycles.